The van der Waals surface area contributed by atoms with E-state index in [-0.39, 0.29) is 0 Å². The topological polar surface area (TPSA) is 28.7 Å². The van der Waals surface area contributed by atoms with Crippen molar-refractivity contribution in [1.82, 2.24) is 9.97 Å². The lowest BCUT2D eigenvalue weighted by molar-refractivity contribution is 1.08. The van der Waals surface area contributed by atoms with Crippen LogP contribution in [0.3, 0.4) is 0 Å². The molecule has 1 aromatic heterocycles. The summed E-state index contributed by atoms with van der Waals surface area (Å²) >= 11 is 1.67. The van der Waals surface area contributed by atoms with Gasteiger partial charge in [-0.1, -0.05) is 30.0 Å². The van der Waals surface area contributed by atoms with Gasteiger partial charge >= 0.3 is 0 Å². The van der Waals surface area contributed by atoms with Crippen LogP contribution in [0.2, 0.25) is 0 Å². The average molecular weight is 204 g/mol. The molecule has 0 spiro atoms. The van der Waals surface area contributed by atoms with E-state index in [1.165, 1.54) is 5.56 Å². The van der Waals surface area contributed by atoms with E-state index in [2.05, 4.69) is 29.5 Å². The van der Waals surface area contributed by atoms with Crippen molar-refractivity contribution in [3.8, 4) is 0 Å². The maximum absolute atomic E-state index is 4.51. The summed E-state index contributed by atoms with van der Waals surface area (Å²) in [5.41, 5.74) is 3.39. The second-order valence-corrected chi connectivity index (χ2v) is 4.12. The van der Waals surface area contributed by atoms with Crippen LogP contribution in [0.25, 0.3) is 11.0 Å². The molecule has 0 amide bonds. The zero-order valence-electron chi connectivity index (χ0n) is 8.08. The number of aromatic nitrogens is 2. The SMILES string of the molecule is C=CCSc1nc2c(C)cccc2[nH]1. The van der Waals surface area contributed by atoms with Crippen molar-refractivity contribution in [3.63, 3.8) is 0 Å². The molecule has 3 heteroatoms. The Labute approximate surface area is 87.4 Å². The van der Waals surface area contributed by atoms with Gasteiger partial charge in [0.15, 0.2) is 5.16 Å². The molecule has 14 heavy (non-hydrogen) atoms. The summed E-state index contributed by atoms with van der Waals surface area (Å²) < 4.78 is 0. The molecule has 72 valence electrons. The number of aromatic amines is 1. The first-order chi connectivity index (χ1) is 6.81. The normalized spacial score (nSPS) is 10.6. The van der Waals surface area contributed by atoms with Crippen molar-refractivity contribution < 1.29 is 0 Å². The van der Waals surface area contributed by atoms with Gasteiger partial charge in [-0.05, 0) is 18.6 Å². The largest absolute Gasteiger partial charge is 0.333 e. The lowest BCUT2D eigenvalue weighted by Gasteiger charge is -1.90. The maximum atomic E-state index is 4.51. The minimum Gasteiger partial charge on any atom is -0.333 e. The number of nitrogens with one attached hydrogen (secondary N) is 1. The highest BCUT2D eigenvalue weighted by atomic mass is 32.2. The number of nitrogens with zero attached hydrogens (tertiary/aromatic N) is 1. The number of hydrogen-bond donors (Lipinski definition) is 1. The van der Waals surface area contributed by atoms with Gasteiger partial charge in [-0.3, -0.25) is 0 Å². The van der Waals surface area contributed by atoms with Crippen molar-refractivity contribution in [2.75, 3.05) is 5.75 Å². The Morgan fingerprint density at radius 1 is 1.57 bits per heavy atom. The number of rotatable bonds is 3. The van der Waals surface area contributed by atoms with E-state index in [1.807, 2.05) is 18.2 Å². The molecule has 0 atom stereocenters. The van der Waals surface area contributed by atoms with Gasteiger partial charge < -0.3 is 4.98 Å². The fraction of sp³-hybridized carbons (Fsp3) is 0.182. The Kier molecular flexibility index (Phi) is 2.59. The van der Waals surface area contributed by atoms with E-state index in [0.29, 0.717) is 0 Å². The molecule has 0 aliphatic heterocycles. The molecule has 2 rings (SSSR count). The summed E-state index contributed by atoms with van der Waals surface area (Å²) in [6, 6.07) is 6.16. The number of benzene rings is 1. The van der Waals surface area contributed by atoms with Crippen LogP contribution in [0.15, 0.2) is 36.0 Å². The lowest BCUT2D eigenvalue weighted by atomic mass is 10.2. The molecule has 0 aliphatic carbocycles. The van der Waals surface area contributed by atoms with E-state index in [9.17, 15) is 0 Å². The summed E-state index contributed by atoms with van der Waals surface area (Å²) in [5, 5.41) is 0.967. The van der Waals surface area contributed by atoms with Gasteiger partial charge in [0.05, 0.1) is 11.0 Å². The van der Waals surface area contributed by atoms with E-state index in [1.54, 1.807) is 11.8 Å². The zero-order chi connectivity index (χ0) is 9.97. The van der Waals surface area contributed by atoms with Gasteiger partial charge in [-0.25, -0.2) is 4.98 Å². The second kappa shape index (κ2) is 3.88. The second-order valence-electron chi connectivity index (χ2n) is 3.11. The number of aryl methyl sites for hydroxylation is 1. The average Bonchev–Trinajstić information content (AvgIpc) is 2.59. The number of thioether (sulfide) groups is 1. The third kappa shape index (κ3) is 1.68. The third-order valence-corrected chi connectivity index (χ3v) is 2.90. The van der Waals surface area contributed by atoms with Crippen LogP contribution in [0, 0.1) is 6.92 Å². The Balaban J connectivity index is 2.41. The molecular formula is C11H12N2S. The van der Waals surface area contributed by atoms with Crippen LogP contribution in [0.1, 0.15) is 5.56 Å². The van der Waals surface area contributed by atoms with Gasteiger partial charge in [0, 0.05) is 5.75 Å². The Morgan fingerprint density at radius 2 is 2.43 bits per heavy atom. The van der Waals surface area contributed by atoms with Gasteiger partial charge in [-0.2, -0.15) is 0 Å². The number of para-hydroxylation sites is 1. The minimum atomic E-state index is 0.888. The Hall–Kier alpha value is -1.22. The molecule has 2 nitrogen and oxygen atoms in total. The smallest absolute Gasteiger partial charge is 0.166 e. The van der Waals surface area contributed by atoms with Gasteiger partial charge in [-0.15, -0.1) is 6.58 Å². The van der Waals surface area contributed by atoms with E-state index in [4.69, 9.17) is 0 Å². The van der Waals surface area contributed by atoms with Crippen LogP contribution < -0.4 is 0 Å². The minimum absolute atomic E-state index is 0.888. The zero-order valence-corrected chi connectivity index (χ0v) is 8.90. The van der Waals surface area contributed by atoms with Crippen LogP contribution in [0.4, 0.5) is 0 Å². The summed E-state index contributed by atoms with van der Waals surface area (Å²) in [4.78, 5) is 7.78. The molecule has 0 radical (unpaired) electrons. The molecule has 1 N–H and O–H groups in total. The maximum Gasteiger partial charge on any atom is 0.166 e. The molecule has 0 saturated carbocycles. The molecule has 0 unspecified atom stereocenters. The molecule has 2 aromatic rings. The summed E-state index contributed by atoms with van der Waals surface area (Å²) in [6.45, 7) is 5.76. The van der Waals surface area contributed by atoms with Crippen molar-refractivity contribution >= 4 is 22.8 Å². The Morgan fingerprint density at radius 3 is 3.14 bits per heavy atom. The highest BCUT2D eigenvalue weighted by Gasteiger charge is 2.03. The number of imidazole rings is 1. The number of fused-ring (bicyclic) bond motifs is 1. The van der Waals surface area contributed by atoms with Gasteiger partial charge in [0.1, 0.15) is 0 Å². The molecule has 1 heterocycles. The molecule has 0 fully saturated rings. The van der Waals surface area contributed by atoms with Crippen molar-refractivity contribution in [2.45, 2.75) is 12.1 Å². The highest BCUT2D eigenvalue weighted by Crippen LogP contribution is 2.21. The van der Waals surface area contributed by atoms with E-state index in [0.717, 1.165) is 21.9 Å². The predicted molar refractivity (Wildman–Crippen MR) is 61.8 cm³/mol. The lowest BCUT2D eigenvalue weighted by Crippen LogP contribution is -1.75. The van der Waals surface area contributed by atoms with Crippen molar-refractivity contribution in [1.29, 1.82) is 0 Å². The monoisotopic (exact) mass is 204 g/mol. The Bertz CT molecular complexity index is 459. The molecule has 0 saturated heterocycles. The predicted octanol–water partition coefficient (Wildman–Crippen LogP) is 3.15. The van der Waals surface area contributed by atoms with Crippen molar-refractivity contribution in [3.05, 3.63) is 36.4 Å². The number of hydrogen-bond acceptors (Lipinski definition) is 2. The summed E-state index contributed by atoms with van der Waals surface area (Å²) in [5.74, 6) is 0.888. The highest BCUT2D eigenvalue weighted by molar-refractivity contribution is 7.99. The molecule has 1 aromatic carbocycles. The summed E-state index contributed by atoms with van der Waals surface area (Å²) in [6.07, 6.45) is 1.88. The molecule has 0 bridgehead atoms. The van der Waals surface area contributed by atoms with Gasteiger partial charge in [0.2, 0.25) is 0 Å². The fourth-order valence-corrected chi connectivity index (χ4v) is 1.97. The summed E-state index contributed by atoms with van der Waals surface area (Å²) in [7, 11) is 0. The van der Waals surface area contributed by atoms with E-state index < -0.39 is 0 Å². The standard InChI is InChI=1S/C11H12N2S/c1-3-7-14-11-12-9-6-4-5-8(2)10(9)13-11/h3-6H,1,7H2,2H3,(H,12,13). The fourth-order valence-electron chi connectivity index (χ4n) is 1.36. The third-order valence-electron chi connectivity index (χ3n) is 2.03. The van der Waals surface area contributed by atoms with Gasteiger partial charge in [0.25, 0.3) is 0 Å². The first-order valence-electron chi connectivity index (χ1n) is 4.50. The molecular weight excluding hydrogens is 192 g/mol. The quantitative estimate of drug-likeness (QED) is 0.614. The first kappa shape index (κ1) is 9.34. The van der Waals surface area contributed by atoms with Crippen LogP contribution in [-0.4, -0.2) is 15.7 Å². The first-order valence-corrected chi connectivity index (χ1v) is 5.49. The van der Waals surface area contributed by atoms with Crippen LogP contribution >= 0.6 is 11.8 Å². The van der Waals surface area contributed by atoms with Crippen LogP contribution in [-0.2, 0) is 0 Å². The van der Waals surface area contributed by atoms with E-state index >= 15 is 0 Å². The number of H-pyrrole nitrogens is 1. The molecule has 0 aliphatic rings. The van der Waals surface area contributed by atoms with Crippen molar-refractivity contribution in [2.24, 2.45) is 0 Å². The van der Waals surface area contributed by atoms with Crippen LogP contribution in [0.5, 0.6) is 0 Å².